The lowest BCUT2D eigenvalue weighted by Crippen LogP contribution is -2.49. The summed E-state index contributed by atoms with van der Waals surface area (Å²) in [5.41, 5.74) is -1.07. The van der Waals surface area contributed by atoms with Crippen molar-refractivity contribution >= 4 is 21.8 Å². The highest BCUT2D eigenvalue weighted by atomic mass is 32.2. The van der Waals surface area contributed by atoms with E-state index in [4.69, 9.17) is 4.74 Å². The molecule has 3 rings (SSSR count). The Balaban J connectivity index is 1.43. The van der Waals surface area contributed by atoms with Crippen molar-refractivity contribution in [1.82, 2.24) is 14.5 Å². The molecule has 0 bridgehead atoms. The lowest BCUT2D eigenvalue weighted by atomic mass is 9.71. The van der Waals surface area contributed by atoms with Gasteiger partial charge in [0, 0.05) is 38.3 Å². The molecule has 0 saturated carbocycles. The minimum absolute atomic E-state index is 0.153. The SMILES string of the molecule is CC(C)(C)OC(=O)N1CCC2(CCN(CCNS(=O)(=O)c3ccc([N+](=O)[O-])c(F)c3)CC2)CC1. The van der Waals surface area contributed by atoms with Gasteiger partial charge < -0.3 is 14.5 Å². The van der Waals surface area contributed by atoms with E-state index in [1.54, 1.807) is 4.90 Å². The molecule has 2 heterocycles. The van der Waals surface area contributed by atoms with Gasteiger partial charge in [-0.05, 0) is 71.0 Å². The van der Waals surface area contributed by atoms with E-state index in [1.807, 2.05) is 20.8 Å². The molecule has 2 fully saturated rings. The van der Waals surface area contributed by atoms with E-state index in [9.17, 15) is 27.7 Å². The van der Waals surface area contributed by atoms with Crippen LogP contribution in [0, 0.1) is 21.3 Å². The molecule has 10 nitrogen and oxygen atoms in total. The summed E-state index contributed by atoms with van der Waals surface area (Å²) in [5.74, 6) is -1.19. The van der Waals surface area contributed by atoms with Gasteiger partial charge in [0.05, 0.1) is 9.82 Å². The zero-order valence-electron chi connectivity index (χ0n) is 19.9. The Morgan fingerprint density at radius 1 is 1.18 bits per heavy atom. The highest BCUT2D eigenvalue weighted by Gasteiger charge is 2.39. The van der Waals surface area contributed by atoms with E-state index in [2.05, 4.69) is 9.62 Å². The molecule has 0 unspecified atom stereocenters. The Kier molecular flexibility index (Phi) is 7.83. The number of benzene rings is 1. The average molecular weight is 501 g/mol. The number of halogens is 1. The summed E-state index contributed by atoms with van der Waals surface area (Å²) in [6, 6.07) is 2.54. The van der Waals surface area contributed by atoms with Crippen molar-refractivity contribution in [3.8, 4) is 0 Å². The maximum atomic E-state index is 13.8. The maximum absolute atomic E-state index is 13.8. The Morgan fingerprint density at radius 2 is 1.76 bits per heavy atom. The Morgan fingerprint density at radius 3 is 2.29 bits per heavy atom. The molecule has 34 heavy (non-hydrogen) atoms. The van der Waals surface area contributed by atoms with Crippen molar-refractivity contribution in [3.05, 3.63) is 34.1 Å². The second-order valence-electron chi connectivity index (χ2n) is 10.1. The molecule has 1 spiro atoms. The van der Waals surface area contributed by atoms with Crippen molar-refractivity contribution in [2.75, 3.05) is 39.3 Å². The van der Waals surface area contributed by atoms with Crippen LogP contribution in [0.1, 0.15) is 46.5 Å². The summed E-state index contributed by atoms with van der Waals surface area (Å²) in [4.78, 5) is 25.7. The fourth-order valence-corrected chi connectivity index (χ4v) is 5.50. The van der Waals surface area contributed by atoms with Crippen LogP contribution >= 0.6 is 0 Å². The number of carbonyl (C=O) groups excluding carboxylic acids is 1. The van der Waals surface area contributed by atoms with Crippen molar-refractivity contribution in [1.29, 1.82) is 0 Å². The summed E-state index contributed by atoms with van der Waals surface area (Å²) >= 11 is 0. The van der Waals surface area contributed by atoms with Crippen LogP contribution < -0.4 is 4.72 Å². The molecule has 2 aliphatic heterocycles. The number of hydrogen-bond acceptors (Lipinski definition) is 7. The Labute approximate surface area is 199 Å². The van der Waals surface area contributed by atoms with Gasteiger partial charge in [0.1, 0.15) is 5.60 Å². The number of amides is 1. The number of likely N-dealkylation sites (tertiary alicyclic amines) is 2. The third-order valence-corrected chi connectivity index (χ3v) is 8.00. The van der Waals surface area contributed by atoms with Crippen molar-refractivity contribution in [3.63, 3.8) is 0 Å². The van der Waals surface area contributed by atoms with E-state index >= 15 is 0 Å². The smallest absolute Gasteiger partial charge is 0.410 e. The number of rotatable bonds is 6. The van der Waals surface area contributed by atoms with Crippen molar-refractivity contribution in [2.24, 2.45) is 5.41 Å². The molecule has 1 aromatic carbocycles. The molecular weight excluding hydrogens is 467 g/mol. The standard InChI is InChI=1S/C22H33FN4O6S/c1-21(2,3)33-20(28)26-13-8-22(9-14-26)6-11-25(12-7-22)15-10-24-34(31,32)17-4-5-19(27(29)30)18(23)16-17/h4-5,16,24H,6-15H2,1-3H3. The summed E-state index contributed by atoms with van der Waals surface area (Å²) in [5, 5.41) is 10.7. The van der Waals surface area contributed by atoms with E-state index < -0.39 is 32.1 Å². The molecule has 2 saturated heterocycles. The zero-order chi connectivity index (χ0) is 25.1. The van der Waals surface area contributed by atoms with Gasteiger partial charge >= 0.3 is 11.8 Å². The lowest BCUT2D eigenvalue weighted by Gasteiger charge is -2.46. The highest BCUT2D eigenvalue weighted by molar-refractivity contribution is 7.89. The zero-order valence-corrected chi connectivity index (χ0v) is 20.7. The van der Waals surface area contributed by atoms with Gasteiger partial charge in [0.2, 0.25) is 15.8 Å². The van der Waals surface area contributed by atoms with Crippen molar-refractivity contribution in [2.45, 2.75) is 57.0 Å². The van der Waals surface area contributed by atoms with Gasteiger partial charge in [-0.1, -0.05) is 0 Å². The number of nitrogens with one attached hydrogen (secondary N) is 1. The first-order chi connectivity index (χ1) is 15.8. The van der Waals surface area contributed by atoms with Gasteiger partial charge in [0.25, 0.3) is 0 Å². The topological polar surface area (TPSA) is 122 Å². The summed E-state index contributed by atoms with van der Waals surface area (Å²) < 4.78 is 46.5. The second-order valence-corrected chi connectivity index (χ2v) is 11.8. The second kappa shape index (κ2) is 10.1. The first kappa shape index (κ1) is 26.3. The minimum Gasteiger partial charge on any atom is -0.444 e. The summed E-state index contributed by atoms with van der Waals surface area (Å²) in [6.45, 7) is 9.26. The van der Waals surface area contributed by atoms with Gasteiger partial charge in [-0.2, -0.15) is 4.39 Å². The van der Waals surface area contributed by atoms with Gasteiger partial charge in [-0.25, -0.2) is 17.9 Å². The molecular formula is C22H33FN4O6S. The van der Waals surface area contributed by atoms with E-state index in [0.29, 0.717) is 25.7 Å². The van der Waals surface area contributed by atoms with E-state index in [1.165, 1.54) is 0 Å². The number of nitro groups is 1. The van der Waals surface area contributed by atoms with Crippen LogP contribution in [-0.4, -0.2) is 74.1 Å². The first-order valence-electron chi connectivity index (χ1n) is 11.4. The van der Waals surface area contributed by atoms with Crippen molar-refractivity contribution < 1.29 is 27.3 Å². The fraction of sp³-hybridized carbons (Fsp3) is 0.682. The third-order valence-electron chi connectivity index (χ3n) is 6.54. The molecule has 1 aromatic rings. The molecule has 1 N–H and O–H groups in total. The molecule has 0 radical (unpaired) electrons. The highest BCUT2D eigenvalue weighted by Crippen LogP contribution is 2.41. The summed E-state index contributed by atoms with van der Waals surface area (Å²) in [6.07, 6.45) is 3.56. The van der Waals surface area contributed by atoms with Crippen LogP contribution in [0.25, 0.3) is 0 Å². The number of carbonyl (C=O) groups is 1. The molecule has 1 amide bonds. The monoisotopic (exact) mass is 500 g/mol. The molecule has 0 atom stereocenters. The van der Waals surface area contributed by atoms with Gasteiger partial charge in [-0.3, -0.25) is 10.1 Å². The quantitative estimate of drug-likeness (QED) is 0.470. The van der Waals surface area contributed by atoms with Crippen LogP contribution in [0.5, 0.6) is 0 Å². The number of hydrogen-bond donors (Lipinski definition) is 1. The Hall–Kier alpha value is -2.31. The predicted octanol–water partition coefficient (Wildman–Crippen LogP) is 3.13. The van der Waals surface area contributed by atoms with Crippen LogP contribution in [0.4, 0.5) is 14.9 Å². The molecule has 0 aliphatic carbocycles. The number of piperidine rings is 2. The van der Waals surface area contributed by atoms with E-state index in [0.717, 1.165) is 50.9 Å². The normalized spacial score (nSPS) is 19.2. The summed E-state index contributed by atoms with van der Waals surface area (Å²) in [7, 11) is -3.97. The Bertz CT molecular complexity index is 1010. The van der Waals surface area contributed by atoms with Crippen LogP contribution in [-0.2, 0) is 14.8 Å². The molecule has 12 heteroatoms. The van der Waals surface area contributed by atoms with Crippen LogP contribution in [0.2, 0.25) is 0 Å². The first-order valence-corrected chi connectivity index (χ1v) is 12.9. The van der Waals surface area contributed by atoms with E-state index in [-0.39, 0.29) is 22.9 Å². The fourth-order valence-electron chi connectivity index (χ4n) is 4.47. The van der Waals surface area contributed by atoms with Crippen LogP contribution in [0.3, 0.4) is 0 Å². The number of nitrogens with zero attached hydrogens (tertiary/aromatic N) is 3. The largest absolute Gasteiger partial charge is 0.444 e. The van der Waals surface area contributed by atoms with Gasteiger partial charge in [0.15, 0.2) is 0 Å². The molecule has 2 aliphatic rings. The molecule has 190 valence electrons. The van der Waals surface area contributed by atoms with Crippen LogP contribution in [0.15, 0.2) is 23.1 Å². The molecule has 0 aromatic heterocycles. The minimum atomic E-state index is -3.97. The lowest BCUT2D eigenvalue weighted by molar-refractivity contribution is -0.387. The van der Waals surface area contributed by atoms with Gasteiger partial charge in [-0.15, -0.1) is 0 Å². The predicted molar refractivity (Wildman–Crippen MR) is 123 cm³/mol. The maximum Gasteiger partial charge on any atom is 0.410 e. The number of ether oxygens (including phenoxy) is 1. The number of sulfonamides is 1. The average Bonchev–Trinajstić information content (AvgIpc) is 2.74. The third kappa shape index (κ3) is 6.63. The number of nitro benzene ring substituents is 1.